The number of benzene rings is 1. The number of sulfonamides is 1. The van der Waals surface area contributed by atoms with Crippen molar-refractivity contribution >= 4 is 21.6 Å². The second kappa shape index (κ2) is 6.87. The van der Waals surface area contributed by atoms with Gasteiger partial charge in [-0.2, -0.15) is 0 Å². The van der Waals surface area contributed by atoms with Gasteiger partial charge in [-0.05, 0) is 43.6 Å². The molecule has 0 amide bonds. The van der Waals surface area contributed by atoms with Gasteiger partial charge in [-0.25, -0.2) is 13.1 Å². The van der Waals surface area contributed by atoms with Gasteiger partial charge < -0.3 is 10.0 Å². The molecule has 0 saturated carbocycles. The Morgan fingerprint density at radius 2 is 2.00 bits per heavy atom. The van der Waals surface area contributed by atoms with Crippen molar-refractivity contribution in [2.75, 3.05) is 26.2 Å². The fourth-order valence-electron chi connectivity index (χ4n) is 2.25. The number of nitrogens with zero attached hydrogens (tertiary/aromatic N) is 1. The zero-order valence-electron chi connectivity index (χ0n) is 11.2. The summed E-state index contributed by atoms with van der Waals surface area (Å²) in [7, 11) is -3.54. The third-order valence-corrected chi connectivity index (χ3v) is 5.23. The molecular formula is C13H19ClN2O3S. The number of aliphatic hydroxyl groups excluding tert-OH is 1. The van der Waals surface area contributed by atoms with Gasteiger partial charge in [0.25, 0.3) is 0 Å². The molecule has 20 heavy (non-hydrogen) atoms. The van der Waals surface area contributed by atoms with Crippen LogP contribution in [0.3, 0.4) is 0 Å². The van der Waals surface area contributed by atoms with Crippen molar-refractivity contribution in [3.05, 3.63) is 28.8 Å². The molecule has 5 nitrogen and oxygen atoms in total. The van der Waals surface area contributed by atoms with Crippen LogP contribution < -0.4 is 4.72 Å². The fourth-order valence-corrected chi connectivity index (χ4v) is 3.60. The Morgan fingerprint density at radius 3 is 2.60 bits per heavy atom. The first-order valence-corrected chi connectivity index (χ1v) is 8.50. The molecule has 0 radical (unpaired) electrons. The van der Waals surface area contributed by atoms with Crippen molar-refractivity contribution in [2.45, 2.75) is 24.3 Å². The maximum Gasteiger partial charge on any atom is 0.240 e. The fraction of sp³-hybridized carbons (Fsp3) is 0.538. The minimum absolute atomic E-state index is 0.126. The first kappa shape index (κ1) is 15.7. The Kier molecular flexibility index (Phi) is 5.40. The van der Waals surface area contributed by atoms with Crippen LogP contribution in [0.25, 0.3) is 0 Å². The first-order chi connectivity index (χ1) is 9.53. The molecule has 0 unspecified atom stereocenters. The summed E-state index contributed by atoms with van der Waals surface area (Å²) in [6.07, 6.45) is 2.37. The van der Waals surface area contributed by atoms with Crippen LogP contribution in [0.1, 0.15) is 18.4 Å². The molecule has 2 rings (SSSR count). The van der Waals surface area contributed by atoms with E-state index in [2.05, 4.69) is 9.62 Å². The molecule has 0 atom stereocenters. The lowest BCUT2D eigenvalue weighted by atomic mass is 10.2. The highest BCUT2D eigenvalue weighted by atomic mass is 35.5. The van der Waals surface area contributed by atoms with E-state index >= 15 is 0 Å². The predicted octanol–water partition coefficient (Wildman–Crippen LogP) is 1.21. The third kappa shape index (κ3) is 3.93. The SMILES string of the molecule is O=S(=O)(NCCN1CCCC1)c1ccc(CO)c(Cl)c1. The summed E-state index contributed by atoms with van der Waals surface area (Å²) in [5.74, 6) is 0. The molecule has 112 valence electrons. The summed E-state index contributed by atoms with van der Waals surface area (Å²) in [5.41, 5.74) is 0.516. The third-order valence-electron chi connectivity index (χ3n) is 3.42. The molecule has 1 saturated heterocycles. The largest absolute Gasteiger partial charge is 0.392 e. The maximum absolute atomic E-state index is 12.1. The number of rotatable bonds is 6. The molecule has 0 spiro atoms. The summed E-state index contributed by atoms with van der Waals surface area (Å²) in [4.78, 5) is 2.37. The lowest BCUT2D eigenvalue weighted by Crippen LogP contribution is -2.33. The standard InChI is InChI=1S/C13H19ClN2O3S/c14-13-9-12(4-3-11(13)10-17)20(18,19)15-5-8-16-6-1-2-7-16/h3-4,9,15,17H,1-2,5-8,10H2. The lowest BCUT2D eigenvalue weighted by molar-refractivity contribution is 0.282. The summed E-state index contributed by atoms with van der Waals surface area (Å²) in [6, 6.07) is 4.35. The molecule has 2 N–H and O–H groups in total. The molecule has 0 bridgehead atoms. The Bertz CT molecular complexity index is 557. The molecule has 1 aromatic rings. The average Bonchev–Trinajstić information content (AvgIpc) is 2.91. The summed E-state index contributed by atoms with van der Waals surface area (Å²) in [6.45, 7) is 2.99. The number of likely N-dealkylation sites (tertiary alicyclic amines) is 1. The molecule has 1 fully saturated rings. The quantitative estimate of drug-likeness (QED) is 0.827. The van der Waals surface area contributed by atoms with Crippen LogP contribution >= 0.6 is 11.6 Å². The normalized spacial score (nSPS) is 16.7. The number of hydrogen-bond acceptors (Lipinski definition) is 4. The van der Waals surface area contributed by atoms with E-state index in [9.17, 15) is 8.42 Å². The van der Waals surface area contributed by atoms with Crippen LogP contribution in [0.2, 0.25) is 5.02 Å². The highest BCUT2D eigenvalue weighted by Crippen LogP contribution is 2.20. The Balaban J connectivity index is 1.96. The summed E-state index contributed by atoms with van der Waals surface area (Å²) >= 11 is 5.91. The van der Waals surface area contributed by atoms with E-state index in [4.69, 9.17) is 16.7 Å². The van der Waals surface area contributed by atoms with Crippen LogP contribution in [-0.4, -0.2) is 44.6 Å². The van der Waals surface area contributed by atoms with Crippen molar-refractivity contribution in [2.24, 2.45) is 0 Å². The van der Waals surface area contributed by atoms with E-state index in [0.29, 0.717) is 12.1 Å². The molecule has 1 heterocycles. The number of aliphatic hydroxyl groups is 1. The van der Waals surface area contributed by atoms with Gasteiger partial charge in [-0.15, -0.1) is 0 Å². The van der Waals surface area contributed by atoms with Crippen molar-refractivity contribution < 1.29 is 13.5 Å². The van der Waals surface area contributed by atoms with Crippen LogP contribution in [0.15, 0.2) is 23.1 Å². The predicted molar refractivity (Wildman–Crippen MR) is 78.2 cm³/mol. The van der Waals surface area contributed by atoms with E-state index < -0.39 is 10.0 Å². The molecule has 0 aliphatic carbocycles. The number of hydrogen-bond donors (Lipinski definition) is 2. The summed E-state index contributed by atoms with van der Waals surface area (Å²) in [5, 5.41) is 9.28. The van der Waals surface area contributed by atoms with Gasteiger partial charge >= 0.3 is 0 Å². The average molecular weight is 319 g/mol. The van der Waals surface area contributed by atoms with Gasteiger partial charge in [0, 0.05) is 18.1 Å². The van der Waals surface area contributed by atoms with Crippen molar-refractivity contribution in [3.8, 4) is 0 Å². The van der Waals surface area contributed by atoms with E-state index in [0.717, 1.165) is 19.6 Å². The van der Waals surface area contributed by atoms with Crippen LogP contribution in [-0.2, 0) is 16.6 Å². The zero-order valence-corrected chi connectivity index (χ0v) is 12.8. The maximum atomic E-state index is 12.1. The van der Waals surface area contributed by atoms with Gasteiger partial charge in [-0.3, -0.25) is 0 Å². The van der Waals surface area contributed by atoms with Gasteiger partial charge in [-0.1, -0.05) is 17.7 Å². The molecule has 1 aliphatic rings. The van der Waals surface area contributed by atoms with Crippen molar-refractivity contribution in [1.29, 1.82) is 0 Å². The minimum atomic E-state index is -3.54. The van der Waals surface area contributed by atoms with Crippen LogP contribution in [0.5, 0.6) is 0 Å². The first-order valence-electron chi connectivity index (χ1n) is 6.64. The molecule has 1 aromatic carbocycles. The smallest absolute Gasteiger partial charge is 0.240 e. The summed E-state index contributed by atoms with van der Waals surface area (Å²) < 4.78 is 26.8. The van der Waals surface area contributed by atoms with Crippen LogP contribution in [0, 0.1) is 0 Å². The molecule has 1 aliphatic heterocycles. The Hall–Kier alpha value is -0.660. The number of nitrogens with one attached hydrogen (secondary N) is 1. The van der Waals surface area contributed by atoms with E-state index in [1.54, 1.807) is 0 Å². The highest BCUT2D eigenvalue weighted by Gasteiger charge is 2.17. The van der Waals surface area contributed by atoms with Gasteiger partial charge in [0.2, 0.25) is 10.0 Å². The van der Waals surface area contributed by atoms with E-state index in [1.165, 1.54) is 31.0 Å². The Morgan fingerprint density at radius 1 is 1.30 bits per heavy atom. The van der Waals surface area contributed by atoms with Crippen molar-refractivity contribution in [3.63, 3.8) is 0 Å². The topological polar surface area (TPSA) is 69.6 Å². The second-order valence-electron chi connectivity index (χ2n) is 4.86. The molecule has 7 heteroatoms. The van der Waals surface area contributed by atoms with E-state index in [-0.39, 0.29) is 16.5 Å². The highest BCUT2D eigenvalue weighted by molar-refractivity contribution is 7.89. The van der Waals surface area contributed by atoms with Gasteiger partial charge in [0.1, 0.15) is 0 Å². The van der Waals surface area contributed by atoms with Crippen LogP contribution in [0.4, 0.5) is 0 Å². The monoisotopic (exact) mass is 318 g/mol. The molecular weight excluding hydrogens is 300 g/mol. The molecule has 0 aromatic heterocycles. The van der Waals surface area contributed by atoms with Gasteiger partial charge in [0.05, 0.1) is 11.5 Å². The zero-order chi connectivity index (χ0) is 14.6. The lowest BCUT2D eigenvalue weighted by Gasteiger charge is -2.15. The van der Waals surface area contributed by atoms with Gasteiger partial charge in [0.15, 0.2) is 0 Å². The second-order valence-corrected chi connectivity index (χ2v) is 7.03. The van der Waals surface area contributed by atoms with E-state index in [1.807, 2.05) is 0 Å². The number of halogens is 1. The minimum Gasteiger partial charge on any atom is -0.392 e. The Labute approximate surface area is 124 Å². The van der Waals surface area contributed by atoms with Crippen molar-refractivity contribution in [1.82, 2.24) is 9.62 Å².